The van der Waals surface area contributed by atoms with E-state index >= 15 is 8.78 Å². The molecule has 3 N–H and O–H groups in total. The minimum Gasteiger partial charge on any atom is -0.505 e. The molecule has 2 aromatic heterocycles. The number of ether oxygens (including phenoxy) is 2. The first kappa shape index (κ1) is 34.4. The van der Waals surface area contributed by atoms with Gasteiger partial charge < -0.3 is 34.5 Å². The van der Waals surface area contributed by atoms with Gasteiger partial charge in [0.2, 0.25) is 11.7 Å². The fraction of sp³-hybridized carbons (Fsp3) is 0.333. The quantitative estimate of drug-likeness (QED) is 0.1000. The summed E-state index contributed by atoms with van der Waals surface area (Å²) in [6, 6.07) is 8.34. The van der Waals surface area contributed by atoms with Crippen LogP contribution in [-0.4, -0.2) is 77.6 Å². The van der Waals surface area contributed by atoms with Gasteiger partial charge in [-0.3, -0.25) is 14.5 Å². The summed E-state index contributed by atoms with van der Waals surface area (Å²) >= 11 is 0. The summed E-state index contributed by atoms with van der Waals surface area (Å²) in [4.78, 5) is 48.8. The number of carbonyl (C=O) groups is 3. The smallest absolute Gasteiger partial charge is 0.343 e. The topological polar surface area (TPSA) is 146 Å². The van der Waals surface area contributed by atoms with Crippen LogP contribution < -0.4 is 20.3 Å². The van der Waals surface area contributed by atoms with Crippen LogP contribution in [0.3, 0.4) is 0 Å². The molecule has 1 amide bonds. The number of esters is 1. The maximum Gasteiger partial charge on any atom is 0.343 e. The number of anilines is 4. The summed E-state index contributed by atoms with van der Waals surface area (Å²) in [7, 11) is 1.08. The van der Waals surface area contributed by atoms with E-state index in [4.69, 9.17) is 13.9 Å². The number of aromatic nitrogens is 1. The lowest BCUT2D eigenvalue weighted by Crippen LogP contribution is -2.47. The largest absolute Gasteiger partial charge is 0.505 e. The van der Waals surface area contributed by atoms with Crippen LogP contribution in [-0.2, 0) is 9.53 Å². The highest BCUT2D eigenvalue weighted by molar-refractivity contribution is 6.18. The van der Waals surface area contributed by atoms with E-state index < -0.39 is 63.3 Å². The standard InChI is InChI=1S/C36H37F2N5O7/c1-6-28(45)41-23-15-20(43-13-11-42(12-14-43)19-7-8-19)9-10-22(23)40-27-16-21-26(18-39-27)49-34(29(21)35(47)50-36(2,3)4)33(46)30-31(37)24(44)17-25(48-5)32(30)38/h6,9-10,15-19,44H,1,7-8,11-14H2,2-5H3,(H,39,40)(H,41,45). The number of fused-ring (bicyclic) bond motifs is 1. The van der Waals surface area contributed by atoms with E-state index in [1.807, 2.05) is 12.1 Å². The number of ketones is 1. The number of amides is 1. The van der Waals surface area contributed by atoms with Gasteiger partial charge in [-0.2, -0.15) is 0 Å². The third-order valence-corrected chi connectivity index (χ3v) is 8.43. The highest BCUT2D eigenvalue weighted by Crippen LogP contribution is 2.37. The highest BCUT2D eigenvalue weighted by atomic mass is 19.1. The van der Waals surface area contributed by atoms with Gasteiger partial charge in [0.05, 0.1) is 24.7 Å². The number of hydrogen-bond donors (Lipinski definition) is 3. The Hall–Kier alpha value is -5.50. The first-order valence-electron chi connectivity index (χ1n) is 16.1. The Labute approximate surface area is 286 Å². The predicted octanol–water partition coefficient (Wildman–Crippen LogP) is 6.16. The molecule has 4 aromatic rings. The number of phenolic OH excluding ortho intramolecular Hbond substituents is 1. The lowest BCUT2D eigenvalue weighted by Gasteiger charge is -2.36. The zero-order valence-electron chi connectivity index (χ0n) is 28.1. The average Bonchev–Trinajstić information content (AvgIpc) is 3.86. The van der Waals surface area contributed by atoms with Gasteiger partial charge in [-0.15, -0.1) is 0 Å². The number of nitrogens with one attached hydrogen (secondary N) is 2. The Morgan fingerprint density at radius 2 is 1.76 bits per heavy atom. The van der Waals surface area contributed by atoms with Crippen molar-refractivity contribution in [3.05, 3.63) is 77.7 Å². The maximum atomic E-state index is 15.2. The first-order chi connectivity index (χ1) is 23.8. The van der Waals surface area contributed by atoms with Crippen molar-refractivity contribution in [2.45, 2.75) is 45.3 Å². The molecule has 0 spiro atoms. The van der Waals surface area contributed by atoms with Crippen molar-refractivity contribution in [1.29, 1.82) is 0 Å². The monoisotopic (exact) mass is 689 g/mol. The maximum absolute atomic E-state index is 15.2. The minimum atomic E-state index is -1.56. The van der Waals surface area contributed by atoms with Gasteiger partial charge in [-0.25, -0.2) is 18.6 Å². The van der Waals surface area contributed by atoms with Gasteiger partial charge >= 0.3 is 5.97 Å². The molecular formula is C36H37F2N5O7. The summed E-state index contributed by atoms with van der Waals surface area (Å²) in [5.74, 6) is -7.96. The Morgan fingerprint density at radius 3 is 2.40 bits per heavy atom. The number of piperazine rings is 1. The van der Waals surface area contributed by atoms with Gasteiger partial charge in [0.1, 0.15) is 22.5 Å². The van der Waals surface area contributed by atoms with E-state index in [-0.39, 0.29) is 16.8 Å². The number of nitrogens with zero attached hydrogens (tertiary/aromatic N) is 3. The summed E-state index contributed by atoms with van der Waals surface area (Å²) < 4.78 is 46.4. The van der Waals surface area contributed by atoms with Gasteiger partial charge in [0.25, 0.3) is 0 Å². The highest BCUT2D eigenvalue weighted by Gasteiger charge is 2.35. The second kappa shape index (κ2) is 13.4. The molecule has 0 unspecified atom stereocenters. The first-order valence-corrected chi connectivity index (χ1v) is 16.1. The fourth-order valence-electron chi connectivity index (χ4n) is 5.87. The van der Waals surface area contributed by atoms with Crippen LogP contribution in [0.25, 0.3) is 11.0 Å². The van der Waals surface area contributed by atoms with Crippen molar-refractivity contribution in [1.82, 2.24) is 9.88 Å². The molecule has 1 saturated carbocycles. The Bertz CT molecular complexity index is 2010. The summed E-state index contributed by atoms with van der Waals surface area (Å²) in [5, 5.41) is 16.1. The van der Waals surface area contributed by atoms with E-state index in [0.29, 0.717) is 23.5 Å². The summed E-state index contributed by atoms with van der Waals surface area (Å²) in [5.41, 5.74) is -0.860. The molecule has 3 heterocycles. The van der Waals surface area contributed by atoms with Gasteiger partial charge in [-0.1, -0.05) is 6.58 Å². The molecule has 1 aliphatic heterocycles. The van der Waals surface area contributed by atoms with E-state index in [2.05, 4.69) is 32.0 Å². The van der Waals surface area contributed by atoms with E-state index in [9.17, 15) is 19.5 Å². The number of furan rings is 1. The molecule has 1 aliphatic carbocycles. The molecule has 6 rings (SSSR count). The average molecular weight is 690 g/mol. The number of carbonyl (C=O) groups excluding carboxylic acids is 3. The lowest BCUT2D eigenvalue weighted by atomic mass is 10.0. The SMILES string of the molecule is C=CC(=O)Nc1cc(N2CCN(C3CC3)CC2)ccc1Nc1cc2c(C(=O)OC(C)(C)C)c(C(=O)c3c(F)c(O)cc(OC)c3F)oc2cn1. The molecular weight excluding hydrogens is 652 g/mol. The normalized spacial score (nSPS) is 15.1. The summed E-state index contributed by atoms with van der Waals surface area (Å²) in [6.07, 6.45) is 4.88. The van der Waals surface area contributed by atoms with Crippen LogP contribution in [0.15, 0.2) is 53.6 Å². The van der Waals surface area contributed by atoms with Crippen molar-refractivity contribution in [2.75, 3.05) is 48.8 Å². The van der Waals surface area contributed by atoms with E-state index in [1.165, 1.54) is 25.1 Å². The van der Waals surface area contributed by atoms with Crippen LogP contribution in [0.5, 0.6) is 11.5 Å². The second-order valence-corrected chi connectivity index (χ2v) is 13.1. The zero-order valence-corrected chi connectivity index (χ0v) is 28.1. The lowest BCUT2D eigenvalue weighted by molar-refractivity contribution is -0.111. The third-order valence-electron chi connectivity index (χ3n) is 8.43. The molecule has 0 bridgehead atoms. The molecule has 0 radical (unpaired) electrons. The predicted molar refractivity (Wildman–Crippen MR) is 183 cm³/mol. The molecule has 2 aliphatic rings. The molecule has 0 atom stereocenters. The van der Waals surface area contributed by atoms with Crippen molar-refractivity contribution < 1.29 is 42.2 Å². The Balaban J connectivity index is 1.38. The van der Waals surface area contributed by atoms with Gasteiger partial charge in [0.15, 0.2) is 34.5 Å². The van der Waals surface area contributed by atoms with Crippen LogP contribution in [0.1, 0.15) is 60.1 Å². The van der Waals surface area contributed by atoms with Crippen LogP contribution in [0, 0.1) is 11.6 Å². The number of halogens is 2. The Morgan fingerprint density at radius 1 is 1.04 bits per heavy atom. The fourth-order valence-corrected chi connectivity index (χ4v) is 5.87. The number of hydrogen-bond acceptors (Lipinski definition) is 11. The van der Waals surface area contributed by atoms with Crippen LogP contribution in [0.2, 0.25) is 0 Å². The number of rotatable bonds is 10. The van der Waals surface area contributed by atoms with Crippen LogP contribution >= 0.6 is 0 Å². The number of pyridine rings is 1. The van der Waals surface area contributed by atoms with E-state index in [1.54, 1.807) is 26.8 Å². The molecule has 1 saturated heterocycles. The van der Waals surface area contributed by atoms with Gasteiger partial charge in [-0.05, 0) is 64.0 Å². The van der Waals surface area contributed by atoms with Gasteiger partial charge in [0, 0.05) is 49.4 Å². The Kier molecular flexibility index (Phi) is 9.23. The van der Waals surface area contributed by atoms with E-state index in [0.717, 1.165) is 45.1 Å². The zero-order chi connectivity index (χ0) is 35.9. The number of methoxy groups -OCH3 is 1. The summed E-state index contributed by atoms with van der Waals surface area (Å²) in [6.45, 7) is 12.0. The molecule has 12 nitrogen and oxygen atoms in total. The van der Waals surface area contributed by atoms with Crippen LogP contribution in [0.4, 0.5) is 31.7 Å². The number of aromatic hydroxyl groups is 1. The number of phenols is 1. The third kappa shape index (κ3) is 6.97. The second-order valence-electron chi connectivity index (χ2n) is 13.1. The van der Waals surface area contributed by atoms with Crippen molar-refractivity contribution in [3.8, 4) is 11.5 Å². The molecule has 50 heavy (non-hydrogen) atoms. The molecule has 14 heteroatoms. The molecule has 2 aromatic carbocycles. The van der Waals surface area contributed by atoms with Crippen molar-refractivity contribution in [3.63, 3.8) is 0 Å². The van der Waals surface area contributed by atoms with Crippen molar-refractivity contribution >= 4 is 51.5 Å². The number of benzene rings is 2. The molecule has 262 valence electrons. The molecule has 2 fully saturated rings. The van der Waals surface area contributed by atoms with Crippen molar-refractivity contribution in [2.24, 2.45) is 0 Å². The minimum absolute atomic E-state index is 0.0508.